The van der Waals surface area contributed by atoms with Crippen LogP contribution in [0, 0.1) is 5.92 Å². The predicted molar refractivity (Wildman–Crippen MR) is 58.7 cm³/mol. The summed E-state index contributed by atoms with van der Waals surface area (Å²) in [5, 5.41) is 0. The molecule has 1 rings (SSSR count). The van der Waals surface area contributed by atoms with Crippen LogP contribution in [-0.4, -0.2) is 24.1 Å². The minimum absolute atomic E-state index is 0.0819. The molecule has 0 heterocycles. The summed E-state index contributed by atoms with van der Waals surface area (Å²) in [5.74, 6) is -0.546. The van der Waals surface area contributed by atoms with Gasteiger partial charge in [0.2, 0.25) is 0 Å². The minimum Gasteiger partial charge on any atom is -0.463 e. The molecule has 0 aromatic rings. The predicted octanol–water partition coefficient (Wildman–Crippen LogP) is 2.06. The molecular weight excluding hydrogens is 208 g/mol. The molecule has 16 heavy (non-hydrogen) atoms. The highest BCUT2D eigenvalue weighted by atomic mass is 16.5. The van der Waals surface area contributed by atoms with E-state index in [4.69, 9.17) is 9.47 Å². The molecule has 4 heteroatoms. The fourth-order valence-electron chi connectivity index (χ4n) is 2.03. The van der Waals surface area contributed by atoms with Crippen LogP contribution in [0.5, 0.6) is 0 Å². The summed E-state index contributed by atoms with van der Waals surface area (Å²) in [4.78, 5) is 22.5. The van der Waals surface area contributed by atoms with Crippen molar-refractivity contribution in [1.29, 1.82) is 0 Å². The van der Waals surface area contributed by atoms with E-state index in [1.54, 1.807) is 0 Å². The number of ether oxygens (including phenoxy) is 2. The summed E-state index contributed by atoms with van der Waals surface area (Å²) >= 11 is 0. The highest BCUT2D eigenvalue weighted by Gasteiger charge is 2.30. The smallest absolute Gasteiger partial charge is 0.309 e. The number of rotatable bonds is 3. The van der Waals surface area contributed by atoms with Crippen LogP contribution in [-0.2, 0) is 19.1 Å². The second kappa shape index (κ2) is 5.87. The molecule has 0 aromatic carbocycles. The van der Waals surface area contributed by atoms with Crippen molar-refractivity contribution in [2.24, 2.45) is 5.92 Å². The summed E-state index contributed by atoms with van der Waals surface area (Å²) in [6, 6.07) is 0. The van der Waals surface area contributed by atoms with Crippen LogP contribution in [0.15, 0.2) is 0 Å². The number of esters is 2. The maximum Gasteiger partial charge on any atom is 0.309 e. The Balaban J connectivity index is 2.43. The fourth-order valence-corrected chi connectivity index (χ4v) is 2.03. The Hall–Kier alpha value is -1.06. The van der Waals surface area contributed by atoms with Crippen LogP contribution in [0.1, 0.15) is 46.5 Å². The first-order chi connectivity index (χ1) is 7.49. The lowest BCUT2D eigenvalue weighted by atomic mass is 9.87. The minimum atomic E-state index is -0.275. The van der Waals surface area contributed by atoms with Crippen molar-refractivity contribution < 1.29 is 19.1 Å². The third-order valence-electron chi connectivity index (χ3n) is 2.64. The largest absolute Gasteiger partial charge is 0.463 e. The molecule has 1 aliphatic rings. The monoisotopic (exact) mass is 228 g/mol. The maximum atomic E-state index is 11.7. The van der Waals surface area contributed by atoms with Crippen molar-refractivity contribution in [3.63, 3.8) is 0 Å². The molecule has 1 saturated carbocycles. The van der Waals surface area contributed by atoms with Gasteiger partial charge in [0.15, 0.2) is 0 Å². The van der Waals surface area contributed by atoms with Crippen LogP contribution >= 0.6 is 0 Å². The highest BCUT2D eigenvalue weighted by molar-refractivity contribution is 5.73. The van der Waals surface area contributed by atoms with Crippen molar-refractivity contribution in [3.05, 3.63) is 0 Å². The van der Waals surface area contributed by atoms with Crippen molar-refractivity contribution in [3.8, 4) is 0 Å². The lowest BCUT2D eigenvalue weighted by molar-refractivity contribution is -0.159. The van der Waals surface area contributed by atoms with Crippen LogP contribution in [0.2, 0.25) is 0 Å². The summed E-state index contributed by atoms with van der Waals surface area (Å²) < 4.78 is 10.3. The van der Waals surface area contributed by atoms with Gasteiger partial charge in [-0.3, -0.25) is 9.59 Å². The maximum absolute atomic E-state index is 11.7. The van der Waals surface area contributed by atoms with Crippen LogP contribution < -0.4 is 0 Å². The van der Waals surface area contributed by atoms with Gasteiger partial charge in [0.25, 0.3) is 0 Å². The molecule has 1 fully saturated rings. The van der Waals surface area contributed by atoms with Gasteiger partial charge in [-0.25, -0.2) is 0 Å². The van der Waals surface area contributed by atoms with Gasteiger partial charge in [0.1, 0.15) is 6.10 Å². The second-order valence-electron chi connectivity index (χ2n) is 4.58. The quantitative estimate of drug-likeness (QED) is 0.694. The molecule has 0 unspecified atom stereocenters. The number of carbonyl (C=O) groups is 2. The Bertz CT molecular complexity index is 260. The molecule has 0 spiro atoms. The Kier molecular flexibility index (Phi) is 4.77. The first-order valence-electron chi connectivity index (χ1n) is 5.86. The van der Waals surface area contributed by atoms with E-state index in [1.807, 2.05) is 13.8 Å². The van der Waals surface area contributed by atoms with Crippen molar-refractivity contribution in [1.82, 2.24) is 0 Å². The van der Waals surface area contributed by atoms with Crippen LogP contribution in [0.25, 0.3) is 0 Å². The Labute approximate surface area is 96.3 Å². The van der Waals surface area contributed by atoms with E-state index >= 15 is 0 Å². The van der Waals surface area contributed by atoms with Gasteiger partial charge in [0.05, 0.1) is 12.0 Å². The normalized spacial score (nSPS) is 25.2. The summed E-state index contributed by atoms with van der Waals surface area (Å²) in [5.41, 5.74) is 0. The molecule has 92 valence electrons. The van der Waals surface area contributed by atoms with Gasteiger partial charge < -0.3 is 9.47 Å². The van der Waals surface area contributed by atoms with E-state index in [0.717, 1.165) is 19.3 Å². The number of carbonyl (C=O) groups excluding carboxylic acids is 2. The van der Waals surface area contributed by atoms with E-state index in [0.29, 0.717) is 6.42 Å². The van der Waals surface area contributed by atoms with Crippen LogP contribution in [0.4, 0.5) is 0 Å². The van der Waals surface area contributed by atoms with Gasteiger partial charge >= 0.3 is 11.9 Å². The molecule has 0 radical (unpaired) electrons. The third-order valence-corrected chi connectivity index (χ3v) is 2.64. The first-order valence-corrected chi connectivity index (χ1v) is 5.86. The zero-order valence-corrected chi connectivity index (χ0v) is 10.2. The van der Waals surface area contributed by atoms with Gasteiger partial charge in [-0.15, -0.1) is 0 Å². The van der Waals surface area contributed by atoms with Gasteiger partial charge in [-0.2, -0.15) is 0 Å². The first kappa shape index (κ1) is 13.0. The van der Waals surface area contributed by atoms with E-state index in [2.05, 4.69) is 0 Å². The number of hydrogen-bond donors (Lipinski definition) is 0. The summed E-state index contributed by atoms with van der Waals surface area (Å²) in [7, 11) is 0. The van der Waals surface area contributed by atoms with E-state index in [1.165, 1.54) is 6.92 Å². The van der Waals surface area contributed by atoms with Gasteiger partial charge in [-0.1, -0.05) is 0 Å². The van der Waals surface area contributed by atoms with Crippen molar-refractivity contribution >= 4 is 11.9 Å². The SMILES string of the molecule is CC(=O)O[C@@H]1CCC[C@H](C(=O)OC(C)C)C1. The lowest BCUT2D eigenvalue weighted by Crippen LogP contribution is -2.31. The van der Waals surface area contributed by atoms with Crippen molar-refractivity contribution in [2.75, 3.05) is 0 Å². The van der Waals surface area contributed by atoms with Crippen LogP contribution in [0.3, 0.4) is 0 Å². The molecule has 1 aliphatic carbocycles. The van der Waals surface area contributed by atoms with Crippen molar-refractivity contribution in [2.45, 2.75) is 58.7 Å². The number of hydrogen-bond acceptors (Lipinski definition) is 4. The molecule has 0 aliphatic heterocycles. The summed E-state index contributed by atoms with van der Waals surface area (Å²) in [6.07, 6.45) is 3.01. The van der Waals surface area contributed by atoms with Gasteiger partial charge in [-0.05, 0) is 39.5 Å². The zero-order chi connectivity index (χ0) is 12.1. The zero-order valence-electron chi connectivity index (χ0n) is 10.2. The fraction of sp³-hybridized carbons (Fsp3) is 0.833. The lowest BCUT2D eigenvalue weighted by Gasteiger charge is -2.27. The molecule has 2 atom stereocenters. The Morgan fingerprint density at radius 3 is 2.50 bits per heavy atom. The average molecular weight is 228 g/mol. The van der Waals surface area contributed by atoms with E-state index in [-0.39, 0.29) is 30.1 Å². The summed E-state index contributed by atoms with van der Waals surface area (Å²) in [6.45, 7) is 5.07. The second-order valence-corrected chi connectivity index (χ2v) is 4.58. The Morgan fingerprint density at radius 1 is 1.25 bits per heavy atom. The molecule has 0 aromatic heterocycles. The average Bonchev–Trinajstić information content (AvgIpc) is 2.16. The Morgan fingerprint density at radius 2 is 1.94 bits per heavy atom. The topological polar surface area (TPSA) is 52.6 Å². The van der Waals surface area contributed by atoms with E-state index < -0.39 is 0 Å². The standard InChI is InChI=1S/C12H20O4/c1-8(2)15-12(14)10-5-4-6-11(7-10)16-9(3)13/h8,10-11H,4-7H2,1-3H3/t10-,11+/m0/s1. The highest BCUT2D eigenvalue weighted by Crippen LogP contribution is 2.27. The molecule has 0 N–H and O–H groups in total. The van der Waals surface area contributed by atoms with E-state index in [9.17, 15) is 9.59 Å². The molecular formula is C12H20O4. The molecule has 0 bridgehead atoms. The molecule has 0 amide bonds. The van der Waals surface area contributed by atoms with Gasteiger partial charge in [0, 0.05) is 6.92 Å². The molecule has 0 saturated heterocycles. The third kappa shape index (κ3) is 4.21. The molecule has 4 nitrogen and oxygen atoms in total.